The molecule has 4 rings (SSSR count). The van der Waals surface area contributed by atoms with Crippen LogP contribution in [0.4, 0.5) is 0 Å². The third kappa shape index (κ3) is 5.19. The van der Waals surface area contributed by atoms with Crippen molar-refractivity contribution in [1.82, 2.24) is 19.7 Å². The average molecular weight is 477 g/mol. The van der Waals surface area contributed by atoms with Gasteiger partial charge in [0, 0.05) is 12.6 Å². The van der Waals surface area contributed by atoms with Gasteiger partial charge in [-0.2, -0.15) is 0 Å². The number of benzene rings is 1. The van der Waals surface area contributed by atoms with Gasteiger partial charge in [0.1, 0.15) is 0 Å². The summed E-state index contributed by atoms with van der Waals surface area (Å²) in [6.45, 7) is 2.99. The first-order valence-electron chi connectivity index (χ1n) is 10.1. The summed E-state index contributed by atoms with van der Waals surface area (Å²) >= 11 is 2.95. The normalized spacial score (nSPS) is 17.6. The van der Waals surface area contributed by atoms with Crippen molar-refractivity contribution in [3.8, 4) is 10.7 Å². The van der Waals surface area contributed by atoms with Crippen LogP contribution in [0.25, 0.3) is 10.7 Å². The molecule has 1 atom stereocenters. The van der Waals surface area contributed by atoms with E-state index in [0.717, 1.165) is 16.3 Å². The van der Waals surface area contributed by atoms with Gasteiger partial charge >= 0.3 is 0 Å². The van der Waals surface area contributed by atoms with Crippen molar-refractivity contribution < 1.29 is 13.2 Å². The highest BCUT2D eigenvalue weighted by Gasteiger charge is 2.34. The Balaban J connectivity index is 1.52. The number of hydrogen-bond donors (Lipinski definition) is 0. The number of rotatable bonds is 8. The van der Waals surface area contributed by atoms with E-state index in [-0.39, 0.29) is 29.2 Å². The van der Waals surface area contributed by atoms with Crippen LogP contribution in [-0.4, -0.2) is 63.8 Å². The van der Waals surface area contributed by atoms with Gasteiger partial charge in [0.2, 0.25) is 5.91 Å². The van der Waals surface area contributed by atoms with Crippen LogP contribution < -0.4 is 0 Å². The van der Waals surface area contributed by atoms with E-state index in [0.29, 0.717) is 24.7 Å². The summed E-state index contributed by atoms with van der Waals surface area (Å²) in [6.07, 6.45) is 0.513. The topological polar surface area (TPSA) is 85.2 Å². The predicted octanol–water partition coefficient (Wildman–Crippen LogP) is 3.18. The van der Waals surface area contributed by atoms with E-state index in [1.54, 1.807) is 16.2 Å². The largest absolute Gasteiger partial charge is 0.338 e. The third-order valence-electron chi connectivity index (χ3n) is 5.28. The van der Waals surface area contributed by atoms with Crippen LogP contribution in [0.15, 0.2) is 53.0 Å². The molecule has 164 valence electrons. The number of thiophene rings is 1. The lowest BCUT2D eigenvalue weighted by atomic mass is 10.2. The molecule has 3 heterocycles. The summed E-state index contributed by atoms with van der Waals surface area (Å²) in [4.78, 5) is 15.6. The molecule has 0 aliphatic carbocycles. The Hall–Kier alpha value is -2.17. The number of thioether (sulfide) groups is 1. The molecule has 10 heteroatoms. The molecule has 1 aliphatic rings. The maximum absolute atomic E-state index is 12.9. The van der Waals surface area contributed by atoms with Crippen LogP contribution in [0.2, 0.25) is 0 Å². The van der Waals surface area contributed by atoms with E-state index in [1.165, 1.54) is 11.8 Å². The fourth-order valence-corrected chi connectivity index (χ4v) is 7.03. The van der Waals surface area contributed by atoms with Crippen molar-refractivity contribution in [2.75, 3.05) is 23.8 Å². The minimum Gasteiger partial charge on any atom is -0.338 e. The lowest BCUT2D eigenvalue weighted by Crippen LogP contribution is -2.42. The third-order valence-corrected chi connectivity index (χ3v) is 8.84. The van der Waals surface area contributed by atoms with Crippen LogP contribution >= 0.6 is 23.1 Å². The van der Waals surface area contributed by atoms with Crippen molar-refractivity contribution in [2.24, 2.45) is 0 Å². The van der Waals surface area contributed by atoms with Crippen molar-refractivity contribution in [1.29, 1.82) is 0 Å². The smallest absolute Gasteiger partial charge is 0.233 e. The highest BCUT2D eigenvalue weighted by molar-refractivity contribution is 7.99. The number of sulfone groups is 1. The molecule has 1 aromatic carbocycles. The molecule has 0 bridgehead atoms. The number of amides is 1. The van der Waals surface area contributed by atoms with Crippen molar-refractivity contribution >= 4 is 38.8 Å². The van der Waals surface area contributed by atoms with E-state index in [4.69, 9.17) is 0 Å². The molecule has 31 heavy (non-hydrogen) atoms. The Morgan fingerprint density at radius 1 is 1.23 bits per heavy atom. The van der Waals surface area contributed by atoms with E-state index in [9.17, 15) is 13.2 Å². The first-order chi connectivity index (χ1) is 15.0. The Labute approximate surface area is 190 Å². The van der Waals surface area contributed by atoms with Gasteiger partial charge in [-0.1, -0.05) is 48.2 Å². The summed E-state index contributed by atoms with van der Waals surface area (Å²) in [5.41, 5.74) is 1.12. The number of carbonyl (C=O) groups excluding carboxylic acids is 1. The van der Waals surface area contributed by atoms with Crippen molar-refractivity contribution in [3.05, 3.63) is 53.4 Å². The monoisotopic (exact) mass is 476 g/mol. The zero-order valence-electron chi connectivity index (χ0n) is 17.2. The minimum atomic E-state index is -3.04. The number of aromatic nitrogens is 3. The molecule has 0 spiro atoms. The average Bonchev–Trinajstić information content (AvgIpc) is 3.48. The van der Waals surface area contributed by atoms with Gasteiger partial charge in [-0.25, -0.2) is 8.42 Å². The first-order valence-corrected chi connectivity index (χ1v) is 13.8. The molecule has 0 saturated carbocycles. The predicted molar refractivity (Wildman–Crippen MR) is 124 cm³/mol. The van der Waals surface area contributed by atoms with E-state index in [2.05, 4.69) is 22.3 Å². The van der Waals surface area contributed by atoms with Gasteiger partial charge in [0.05, 0.1) is 28.7 Å². The highest BCUT2D eigenvalue weighted by Crippen LogP contribution is 2.28. The zero-order chi connectivity index (χ0) is 21.8. The van der Waals surface area contributed by atoms with E-state index in [1.807, 2.05) is 47.2 Å². The molecule has 1 amide bonds. The fraction of sp³-hybridized carbons (Fsp3) is 0.381. The van der Waals surface area contributed by atoms with Gasteiger partial charge < -0.3 is 4.90 Å². The SMILES string of the molecule is CCN(C(=O)CSc1nnc(-c2cccs2)n1Cc1ccccc1)[C@H]1CCS(=O)(=O)C1. The summed E-state index contributed by atoms with van der Waals surface area (Å²) in [5, 5.41) is 11.4. The molecule has 1 aliphatic heterocycles. The Bertz CT molecular complexity index is 1130. The summed E-state index contributed by atoms with van der Waals surface area (Å²) in [6, 6.07) is 13.8. The molecular weight excluding hydrogens is 452 g/mol. The molecule has 0 radical (unpaired) electrons. The quantitative estimate of drug-likeness (QED) is 0.464. The lowest BCUT2D eigenvalue weighted by Gasteiger charge is -2.26. The molecule has 2 aromatic heterocycles. The van der Waals surface area contributed by atoms with E-state index >= 15 is 0 Å². The van der Waals surface area contributed by atoms with Crippen LogP contribution in [0.1, 0.15) is 18.9 Å². The second-order valence-corrected chi connectivity index (χ2v) is 11.5. The number of nitrogens with zero attached hydrogens (tertiary/aromatic N) is 4. The van der Waals surface area contributed by atoms with Crippen molar-refractivity contribution in [2.45, 2.75) is 31.1 Å². The molecule has 1 fully saturated rings. The highest BCUT2D eigenvalue weighted by atomic mass is 32.2. The van der Waals surface area contributed by atoms with Gasteiger partial charge in [-0.05, 0) is 30.4 Å². The first kappa shape index (κ1) is 22.0. The van der Waals surface area contributed by atoms with Crippen molar-refractivity contribution in [3.63, 3.8) is 0 Å². The Morgan fingerprint density at radius 3 is 2.68 bits per heavy atom. The Kier molecular flexibility index (Phi) is 6.78. The molecular formula is C21H24N4O3S3. The second-order valence-electron chi connectivity index (χ2n) is 7.38. The van der Waals surface area contributed by atoms with Gasteiger partial charge in [0.15, 0.2) is 20.8 Å². The van der Waals surface area contributed by atoms with Crippen LogP contribution in [-0.2, 0) is 21.2 Å². The van der Waals surface area contributed by atoms with E-state index < -0.39 is 9.84 Å². The van der Waals surface area contributed by atoms with Gasteiger partial charge in [-0.3, -0.25) is 9.36 Å². The number of hydrogen-bond acceptors (Lipinski definition) is 7. The molecule has 1 saturated heterocycles. The van der Waals surface area contributed by atoms with Crippen LogP contribution in [0.5, 0.6) is 0 Å². The second kappa shape index (κ2) is 9.54. The number of carbonyl (C=O) groups is 1. The zero-order valence-corrected chi connectivity index (χ0v) is 19.6. The summed E-state index contributed by atoms with van der Waals surface area (Å²) in [5.74, 6) is 1.13. The van der Waals surface area contributed by atoms with Gasteiger partial charge in [0.25, 0.3) is 0 Å². The molecule has 0 unspecified atom stereocenters. The van der Waals surface area contributed by atoms with Crippen LogP contribution in [0, 0.1) is 0 Å². The molecule has 0 N–H and O–H groups in total. The molecule has 7 nitrogen and oxygen atoms in total. The standard InChI is InChI=1S/C21H24N4O3S3/c1-2-24(17-10-12-31(27,28)15-17)19(26)14-30-21-23-22-20(18-9-6-11-29-18)25(21)13-16-7-4-3-5-8-16/h3-9,11,17H,2,10,12-15H2,1H3/t17-/m0/s1. The lowest BCUT2D eigenvalue weighted by molar-refractivity contribution is -0.129. The fourth-order valence-electron chi connectivity index (χ4n) is 3.76. The maximum atomic E-state index is 12.9. The summed E-state index contributed by atoms with van der Waals surface area (Å²) < 4.78 is 25.7. The van der Waals surface area contributed by atoms with Crippen LogP contribution in [0.3, 0.4) is 0 Å². The molecule has 3 aromatic rings. The minimum absolute atomic E-state index is 0.0595. The van der Waals surface area contributed by atoms with Gasteiger partial charge in [-0.15, -0.1) is 21.5 Å². The summed E-state index contributed by atoms with van der Waals surface area (Å²) in [7, 11) is -3.04. The maximum Gasteiger partial charge on any atom is 0.233 e. The Morgan fingerprint density at radius 2 is 2.03 bits per heavy atom.